The first-order valence-electron chi connectivity index (χ1n) is 4.63. The summed E-state index contributed by atoms with van der Waals surface area (Å²) in [7, 11) is 1.80. The molecule has 0 radical (unpaired) electrons. The van der Waals surface area contributed by atoms with Crippen molar-refractivity contribution in [3.05, 3.63) is 29.8 Å². The summed E-state index contributed by atoms with van der Waals surface area (Å²) < 4.78 is 5.18. The van der Waals surface area contributed by atoms with Crippen molar-refractivity contribution < 1.29 is 4.74 Å². The Morgan fingerprint density at radius 2 is 2.07 bits per heavy atom. The molecule has 2 rings (SSSR count). The lowest BCUT2D eigenvalue weighted by Crippen LogP contribution is -2.06. The minimum Gasteiger partial charge on any atom is -0.368 e. The van der Waals surface area contributed by atoms with Gasteiger partial charge < -0.3 is 4.74 Å². The van der Waals surface area contributed by atoms with Gasteiger partial charge in [-0.05, 0) is 28.1 Å². The number of ether oxygens (including phenoxy) is 1. The smallest absolute Gasteiger partial charge is 0.106 e. The first-order chi connectivity index (χ1) is 7.31. The molecule has 1 aromatic carbocycles. The van der Waals surface area contributed by atoms with Crippen LogP contribution >= 0.6 is 0 Å². The van der Waals surface area contributed by atoms with Crippen LogP contribution < -0.4 is 5.01 Å². The molecule has 15 heavy (non-hydrogen) atoms. The first-order valence-corrected chi connectivity index (χ1v) is 4.63. The highest BCUT2D eigenvalue weighted by Gasteiger charge is 2.24. The predicted octanol–water partition coefficient (Wildman–Crippen LogP) is 2.18. The van der Waals surface area contributed by atoms with E-state index in [-0.39, 0.29) is 0 Å². The third kappa shape index (κ3) is 2.38. The third-order valence-corrected chi connectivity index (χ3v) is 2.21. The molecular weight excluding hydrogens is 192 g/mol. The zero-order valence-electron chi connectivity index (χ0n) is 8.50. The Labute approximate surface area is 88.0 Å². The lowest BCUT2D eigenvalue weighted by Gasteiger charge is -2.10. The average molecular weight is 204 g/mol. The van der Waals surface area contributed by atoms with Crippen molar-refractivity contribution in [2.75, 3.05) is 18.7 Å². The number of epoxide rings is 1. The fourth-order valence-electron chi connectivity index (χ4n) is 1.29. The highest BCUT2D eigenvalue weighted by molar-refractivity contribution is 5.46. The van der Waals surface area contributed by atoms with E-state index in [9.17, 15) is 0 Å². The van der Waals surface area contributed by atoms with Gasteiger partial charge in [0.05, 0.1) is 12.3 Å². The average Bonchev–Trinajstić information content (AvgIpc) is 3.10. The molecule has 0 aliphatic carbocycles. The lowest BCUT2D eigenvalue weighted by molar-refractivity contribution is 0.415. The van der Waals surface area contributed by atoms with Crippen LogP contribution in [0.4, 0.5) is 5.69 Å². The molecule has 1 atom stereocenters. The summed E-state index contributed by atoms with van der Waals surface area (Å²) in [5.74, 6) is 0. The largest absolute Gasteiger partial charge is 0.368 e. The minimum atomic E-state index is 0.292. The number of rotatable bonds is 4. The van der Waals surface area contributed by atoms with E-state index in [0.29, 0.717) is 6.10 Å². The molecular formula is C10H12N4O. The van der Waals surface area contributed by atoms with Gasteiger partial charge in [0.2, 0.25) is 0 Å². The van der Waals surface area contributed by atoms with Crippen LogP contribution in [0.25, 0.3) is 0 Å². The van der Waals surface area contributed by atoms with Crippen LogP contribution in [-0.2, 0) is 4.74 Å². The SMILES string of the molecule is C=NN=NN(C)c1ccc(C2CO2)cc1. The van der Waals surface area contributed by atoms with Crippen molar-refractivity contribution in [1.82, 2.24) is 0 Å². The summed E-state index contributed by atoms with van der Waals surface area (Å²) in [5.41, 5.74) is 2.15. The molecule has 5 nitrogen and oxygen atoms in total. The molecule has 1 aliphatic rings. The second-order valence-corrected chi connectivity index (χ2v) is 3.26. The fraction of sp³-hybridized carbons (Fsp3) is 0.300. The first kappa shape index (κ1) is 9.79. The molecule has 1 aromatic rings. The van der Waals surface area contributed by atoms with E-state index in [0.717, 1.165) is 12.3 Å². The summed E-state index contributed by atoms with van der Waals surface area (Å²) in [6.45, 7) is 4.05. The quantitative estimate of drug-likeness (QED) is 0.326. The maximum atomic E-state index is 5.18. The highest BCUT2D eigenvalue weighted by Crippen LogP contribution is 2.30. The Hall–Kier alpha value is -1.75. The second kappa shape index (κ2) is 4.18. The van der Waals surface area contributed by atoms with Gasteiger partial charge in [0.25, 0.3) is 0 Å². The van der Waals surface area contributed by atoms with Gasteiger partial charge in [-0.15, -0.1) is 5.10 Å². The van der Waals surface area contributed by atoms with Gasteiger partial charge >= 0.3 is 0 Å². The second-order valence-electron chi connectivity index (χ2n) is 3.26. The Bertz CT molecular complexity index is 370. The van der Waals surface area contributed by atoms with Crippen molar-refractivity contribution in [1.29, 1.82) is 0 Å². The van der Waals surface area contributed by atoms with E-state index in [4.69, 9.17) is 4.74 Å². The number of anilines is 1. The summed E-state index contributed by atoms with van der Waals surface area (Å²) >= 11 is 0. The molecule has 0 spiro atoms. The molecule has 0 N–H and O–H groups in total. The van der Waals surface area contributed by atoms with E-state index < -0.39 is 0 Å². The van der Waals surface area contributed by atoms with Gasteiger partial charge in [-0.2, -0.15) is 0 Å². The third-order valence-electron chi connectivity index (χ3n) is 2.21. The number of hydrogen-bond donors (Lipinski definition) is 0. The standard InChI is InChI=1S/C10H12N4O/c1-11-12-13-14(2)9-5-3-8(4-6-9)10-7-15-10/h3-6,10H,1,7H2,2H3. The summed E-state index contributed by atoms with van der Waals surface area (Å²) in [6.07, 6.45) is 0.292. The Morgan fingerprint density at radius 3 is 2.60 bits per heavy atom. The van der Waals surface area contributed by atoms with Gasteiger partial charge in [-0.25, -0.2) is 5.01 Å². The van der Waals surface area contributed by atoms with E-state index in [1.807, 2.05) is 24.3 Å². The maximum absolute atomic E-state index is 5.18. The zero-order valence-corrected chi connectivity index (χ0v) is 8.50. The topological polar surface area (TPSA) is 52.9 Å². The van der Waals surface area contributed by atoms with Gasteiger partial charge in [-0.1, -0.05) is 12.1 Å². The molecule has 0 bridgehead atoms. The van der Waals surface area contributed by atoms with E-state index in [2.05, 4.69) is 22.3 Å². The number of nitrogens with zero attached hydrogens (tertiary/aromatic N) is 4. The minimum absolute atomic E-state index is 0.292. The van der Waals surface area contributed by atoms with Crippen LogP contribution in [0, 0.1) is 0 Å². The van der Waals surface area contributed by atoms with Crippen LogP contribution in [-0.4, -0.2) is 20.4 Å². The molecule has 5 heteroatoms. The van der Waals surface area contributed by atoms with Crippen LogP contribution in [0.5, 0.6) is 0 Å². The lowest BCUT2D eigenvalue weighted by atomic mass is 10.1. The molecule has 1 unspecified atom stereocenters. The van der Waals surface area contributed by atoms with Crippen LogP contribution in [0.1, 0.15) is 11.7 Å². The van der Waals surface area contributed by atoms with Crippen molar-refractivity contribution >= 4 is 12.4 Å². The number of benzene rings is 1. The van der Waals surface area contributed by atoms with Gasteiger partial charge in [0.1, 0.15) is 6.10 Å². The molecule has 1 saturated heterocycles. The monoisotopic (exact) mass is 204 g/mol. The predicted molar refractivity (Wildman–Crippen MR) is 57.9 cm³/mol. The molecule has 1 aliphatic heterocycles. The number of hydrogen-bond acceptors (Lipinski definition) is 3. The molecule has 0 amide bonds. The van der Waals surface area contributed by atoms with E-state index in [1.54, 1.807) is 12.1 Å². The molecule has 1 fully saturated rings. The maximum Gasteiger partial charge on any atom is 0.106 e. The van der Waals surface area contributed by atoms with Crippen LogP contribution in [0.15, 0.2) is 39.8 Å². The van der Waals surface area contributed by atoms with Gasteiger partial charge in [0.15, 0.2) is 0 Å². The normalized spacial score (nSPS) is 19.1. The Morgan fingerprint density at radius 1 is 1.40 bits per heavy atom. The Balaban J connectivity index is 2.08. The highest BCUT2D eigenvalue weighted by atomic mass is 16.6. The zero-order chi connectivity index (χ0) is 10.7. The summed E-state index contributed by atoms with van der Waals surface area (Å²) in [6, 6.07) is 8.00. The van der Waals surface area contributed by atoms with Gasteiger partial charge in [0, 0.05) is 13.8 Å². The van der Waals surface area contributed by atoms with Crippen molar-refractivity contribution in [3.8, 4) is 0 Å². The van der Waals surface area contributed by atoms with E-state index in [1.165, 1.54) is 5.56 Å². The van der Waals surface area contributed by atoms with Crippen molar-refractivity contribution in [2.45, 2.75) is 6.10 Å². The van der Waals surface area contributed by atoms with Crippen molar-refractivity contribution in [3.63, 3.8) is 0 Å². The molecule has 1 heterocycles. The van der Waals surface area contributed by atoms with Crippen LogP contribution in [0.3, 0.4) is 0 Å². The van der Waals surface area contributed by atoms with Crippen LogP contribution in [0.2, 0.25) is 0 Å². The molecule has 0 aromatic heterocycles. The van der Waals surface area contributed by atoms with E-state index >= 15 is 0 Å². The fourth-order valence-corrected chi connectivity index (χ4v) is 1.29. The van der Waals surface area contributed by atoms with Gasteiger partial charge in [-0.3, -0.25) is 0 Å². The summed E-state index contributed by atoms with van der Waals surface area (Å²) in [5, 5.41) is 12.2. The molecule has 0 saturated carbocycles. The summed E-state index contributed by atoms with van der Waals surface area (Å²) in [4.78, 5) is 0. The Kier molecular flexibility index (Phi) is 2.73. The molecule has 78 valence electrons. The van der Waals surface area contributed by atoms with Crippen molar-refractivity contribution in [2.24, 2.45) is 15.5 Å².